The van der Waals surface area contributed by atoms with E-state index in [0.29, 0.717) is 11.8 Å². The maximum absolute atomic E-state index is 12.7. The van der Waals surface area contributed by atoms with Gasteiger partial charge in [-0.2, -0.15) is 0 Å². The maximum atomic E-state index is 12.7. The molecule has 0 radical (unpaired) electrons. The average Bonchev–Trinajstić information content (AvgIpc) is 2.75. The molecule has 154 valence electrons. The number of hydrogen-bond donors (Lipinski definition) is 2. The summed E-state index contributed by atoms with van der Waals surface area (Å²) in [5.74, 6) is 1.16. The summed E-state index contributed by atoms with van der Waals surface area (Å²) in [6.45, 7) is 5.97. The third-order valence-corrected chi connectivity index (χ3v) is 8.29. The van der Waals surface area contributed by atoms with Crippen molar-refractivity contribution in [2.24, 2.45) is 5.92 Å². The van der Waals surface area contributed by atoms with Gasteiger partial charge >= 0.3 is 0 Å². The first-order valence-electron chi connectivity index (χ1n) is 11.2. The van der Waals surface area contributed by atoms with Gasteiger partial charge in [-0.1, -0.05) is 12.1 Å². The van der Waals surface area contributed by atoms with E-state index >= 15 is 0 Å². The number of nitrogens with zero attached hydrogens (tertiary/aromatic N) is 1. The number of likely N-dealkylation sites (tertiary alicyclic amines) is 2. The third kappa shape index (κ3) is 3.69. The molecule has 2 fully saturated rings. The van der Waals surface area contributed by atoms with Gasteiger partial charge in [0.05, 0.1) is 39.3 Å². The molecule has 1 aromatic carbocycles. The monoisotopic (exact) mass is 411 g/mol. The number of hydrogen-bond acceptors (Lipinski definition) is 2. The molecule has 0 spiro atoms. The summed E-state index contributed by atoms with van der Waals surface area (Å²) in [5.41, 5.74) is 4.02. The minimum Gasteiger partial charge on any atom is -0.337 e. The fourth-order valence-electron chi connectivity index (χ4n) is 6.03. The molecule has 3 aliphatic heterocycles. The molecule has 4 heterocycles. The molecule has 5 heteroatoms. The summed E-state index contributed by atoms with van der Waals surface area (Å²) in [6.07, 6.45) is 6.07. The Morgan fingerprint density at radius 1 is 1.03 bits per heavy atom. The predicted molar refractivity (Wildman–Crippen MR) is 119 cm³/mol. The lowest BCUT2D eigenvalue weighted by atomic mass is 9.79. The Hall–Kier alpha value is -1.56. The van der Waals surface area contributed by atoms with Crippen molar-refractivity contribution in [1.29, 1.82) is 0 Å². The lowest BCUT2D eigenvalue weighted by Gasteiger charge is -2.44. The second-order valence-corrected chi connectivity index (χ2v) is 10.3. The number of quaternary nitrogens is 2. The Balaban J connectivity index is 1.49. The van der Waals surface area contributed by atoms with Crippen molar-refractivity contribution < 1.29 is 9.80 Å². The van der Waals surface area contributed by atoms with Gasteiger partial charge in [-0.3, -0.25) is 4.79 Å². The highest BCUT2D eigenvalue weighted by Gasteiger charge is 2.42. The van der Waals surface area contributed by atoms with E-state index in [-0.39, 0.29) is 5.56 Å². The Morgan fingerprint density at radius 3 is 2.52 bits per heavy atom. The van der Waals surface area contributed by atoms with Gasteiger partial charge in [0.15, 0.2) is 0 Å². The second-order valence-electron chi connectivity index (χ2n) is 9.41. The summed E-state index contributed by atoms with van der Waals surface area (Å²) in [4.78, 5) is 17.5. The summed E-state index contributed by atoms with van der Waals surface area (Å²) >= 11 is 1.77. The van der Waals surface area contributed by atoms with Gasteiger partial charge < -0.3 is 14.4 Å². The van der Waals surface area contributed by atoms with Gasteiger partial charge in [-0.05, 0) is 36.4 Å². The van der Waals surface area contributed by atoms with Crippen LogP contribution in [0.3, 0.4) is 0 Å². The third-order valence-electron chi connectivity index (χ3n) is 7.55. The number of benzene rings is 1. The van der Waals surface area contributed by atoms with Crippen LogP contribution < -0.4 is 15.4 Å². The molecule has 4 nitrogen and oxygen atoms in total. The molecular formula is C24H33N3OS+2. The Labute approximate surface area is 177 Å². The smallest absolute Gasteiger partial charge is 0.250 e. The SMILES string of the molecule is CSc1ccc(-c2ccc(=O)n3c2[C@@H]2C[C@H](C3)C[NH+](C3CC[NH+](C)CC3)C2)cc1. The topological polar surface area (TPSA) is 30.9 Å². The number of piperidine rings is 2. The molecule has 0 saturated carbocycles. The van der Waals surface area contributed by atoms with E-state index in [1.807, 2.05) is 4.90 Å². The molecule has 3 atom stereocenters. The van der Waals surface area contributed by atoms with Gasteiger partial charge in [0.2, 0.25) is 0 Å². The number of pyridine rings is 1. The molecule has 2 saturated heterocycles. The van der Waals surface area contributed by atoms with Crippen molar-refractivity contribution in [1.82, 2.24) is 4.57 Å². The van der Waals surface area contributed by atoms with Crippen molar-refractivity contribution in [3.63, 3.8) is 0 Å². The number of aromatic nitrogens is 1. The lowest BCUT2D eigenvalue weighted by molar-refractivity contribution is -0.959. The number of thioether (sulfide) groups is 1. The molecule has 2 aromatic rings. The molecule has 5 rings (SSSR count). The fraction of sp³-hybridized carbons (Fsp3) is 0.542. The minimum absolute atomic E-state index is 0.186. The molecule has 3 aliphatic rings. The van der Waals surface area contributed by atoms with Crippen LogP contribution in [0, 0.1) is 5.92 Å². The van der Waals surface area contributed by atoms with Crippen LogP contribution in [0.15, 0.2) is 46.1 Å². The quantitative estimate of drug-likeness (QED) is 0.736. The maximum Gasteiger partial charge on any atom is 0.250 e. The first kappa shape index (κ1) is 19.4. The zero-order valence-corrected chi connectivity index (χ0v) is 18.4. The van der Waals surface area contributed by atoms with Crippen LogP contribution in [0.25, 0.3) is 11.1 Å². The molecule has 1 aromatic heterocycles. The fourth-order valence-corrected chi connectivity index (χ4v) is 6.44. The number of nitrogens with one attached hydrogen (secondary N) is 2. The van der Waals surface area contributed by atoms with Crippen LogP contribution in [-0.2, 0) is 6.54 Å². The molecule has 2 N–H and O–H groups in total. The Bertz CT molecular complexity index is 930. The van der Waals surface area contributed by atoms with Crippen molar-refractivity contribution in [2.45, 2.75) is 42.7 Å². The normalized spacial score (nSPS) is 31.3. The highest BCUT2D eigenvalue weighted by Crippen LogP contribution is 2.37. The van der Waals surface area contributed by atoms with Crippen molar-refractivity contribution >= 4 is 11.8 Å². The summed E-state index contributed by atoms with van der Waals surface area (Å²) in [5, 5.41) is 0. The first-order valence-corrected chi connectivity index (χ1v) is 12.4. The van der Waals surface area contributed by atoms with E-state index in [9.17, 15) is 4.79 Å². The Morgan fingerprint density at radius 2 is 1.79 bits per heavy atom. The van der Waals surface area contributed by atoms with Gasteiger partial charge in [0.1, 0.15) is 0 Å². The van der Waals surface area contributed by atoms with Crippen LogP contribution >= 0.6 is 11.8 Å². The minimum atomic E-state index is 0.186. The molecule has 0 amide bonds. The van der Waals surface area contributed by atoms with Crippen LogP contribution in [0.5, 0.6) is 0 Å². The van der Waals surface area contributed by atoms with Gasteiger partial charge in [0, 0.05) is 53.4 Å². The van der Waals surface area contributed by atoms with Crippen LogP contribution in [0.2, 0.25) is 0 Å². The van der Waals surface area contributed by atoms with E-state index in [0.717, 1.165) is 12.6 Å². The first-order chi connectivity index (χ1) is 14.1. The van der Waals surface area contributed by atoms with Crippen LogP contribution in [0.1, 0.15) is 30.9 Å². The summed E-state index contributed by atoms with van der Waals surface area (Å²) in [7, 11) is 2.33. The van der Waals surface area contributed by atoms with Crippen LogP contribution in [-0.4, -0.2) is 50.1 Å². The highest BCUT2D eigenvalue weighted by molar-refractivity contribution is 7.98. The molecule has 2 bridgehead atoms. The van der Waals surface area contributed by atoms with Gasteiger partial charge in [-0.25, -0.2) is 0 Å². The predicted octanol–water partition coefficient (Wildman–Crippen LogP) is 0.916. The number of fused-ring (bicyclic) bond motifs is 4. The lowest BCUT2D eigenvalue weighted by Crippen LogP contribution is -3.21. The highest BCUT2D eigenvalue weighted by atomic mass is 32.2. The van der Waals surface area contributed by atoms with E-state index < -0.39 is 0 Å². The average molecular weight is 412 g/mol. The molecule has 1 unspecified atom stereocenters. The largest absolute Gasteiger partial charge is 0.337 e. The summed E-state index contributed by atoms with van der Waals surface area (Å²) in [6, 6.07) is 13.5. The number of rotatable bonds is 3. The Kier molecular flexibility index (Phi) is 5.31. The molecule has 0 aliphatic carbocycles. The zero-order chi connectivity index (χ0) is 20.0. The van der Waals surface area contributed by atoms with Crippen LogP contribution in [0.4, 0.5) is 0 Å². The van der Waals surface area contributed by atoms with Crippen molar-refractivity contribution in [3.8, 4) is 11.1 Å². The second kappa shape index (κ2) is 7.93. The van der Waals surface area contributed by atoms with E-state index in [1.54, 1.807) is 22.7 Å². The van der Waals surface area contributed by atoms with E-state index in [1.165, 1.54) is 67.2 Å². The van der Waals surface area contributed by atoms with Gasteiger partial charge in [0.25, 0.3) is 5.56 Å². The zero-order valence-electron chi connectivity index (χ0n) is 17.6. The van der Waals surface area contributed by atoms with Crippen molar-refractivity contribution in [3.05, 3.63) is 52.4 Å². The summed E-state index contributed by atoms with van der Waals surface area (Å²) < 4.78 is 2.12. The molecular weight excluding hydrogens is 378 g/mol. The standard InChI is InChI=1S/C24H31N3OS/c1-25-11-9-20(10-12-25)26-14-17-13-19(16-26)24-22(7-8-23(28)27(24)15-17)18-3-5-21(29-2)6-4-18/h3-8,17,19-20H,9-16H2,1-2H3/p+2/t17-,19+/m0/s1. The van der Waals surface area contributed by atoms with E-state index in [4.69, 9.17) is 0 Å². The molecule has 29 heavy (non-hydrogen) atoms. The van der Waals surface area contributed by atoms with Crippen molar-refractivity contribution in [2.75, 3.05) is 39.5 Å². The van der Waals surface area contributed by atoms with E-state index in [2.05, 4.69) is 48.2 Å². The van der Waals surface area contributed by atoms with Gasteiger partial charge in [-0.15, -0.1) is 11.8 Å².